The van der Waals surface area contributed by atoms with E-state index in [2.05, 4.69) is 15.9 Å². The van der Waals surface area contributed by atoms with Crippen LogP contribution in [0.15, 0.2) is 22.7 Å². The Balaban J connectivity index is 3.01. The standard InChI is InChI=1S/C9H11BrO2/c1-6-2-3-7(8(10)4-6)9(12)5-11/h2-4,9,11-12H,5H2,1H3. The Kier molecular flexibility index (Phi) is 3.26. The number of benzene rings is 1. The Morgan fingerprint density at radius 1 is 1.50 bits per heavy atom. The van der Waals surface area contributed by atoms with Crippen LogP contribution in [0, 0.1) is 6.92 Å². The summed E-state index contributed by atoms with van der Waals surface area (Å²) in [4.78, 5) is 0. The van der Waals surface area contributed by atoms with Gasteiger partial charge in [-0.3, -0.25) is 0 Å². The summed E-state index contributed by atoms with van der Waals surface area (Å²) in [6, 6.07) is 5.62. The molecule has 66 valence electrons. The van der Waals surface area contributed by atoms with E-state index in [1.165, 1.54) is 0 Å². The molecule has 1 atom stereocenters. The molecule has 1 rings (SSSR count). The molecule has 0 aliphatic carbocycles. The molecule has 0 amide bonds. The van der Waals surface area contributed by atoms with Crippen LogP contribution in [0.2, 0.25) is 0 Å². The quantitative estimate of drug-likeness (QED) is 0.814. The summed E-state index contributed by atoms with van der Waals surface area (Å²) < 4.78 is 0.837. The van der Waals surface area contributed by atoms with E-state index in [0.717, 1.165) is 15.6 Å². The second kappa shape index (κ2) is 4.03. The van der Waals surface area contributed by atoms with E-state index in [4.69, 9.17) is 5.11 Å². The van der Waals surface area contributed by atoms with Gasteiger partial charge in [-0.25, -0.2) is 0 Å². The molecule has 1 aromatic carbocycles. The van der Waals surface area contributed by atoms with Crippen LogP contribution in [-0.4, -0.2) is 16.8 Å². The predicted octanol–water partition coefficient (Wildman–Crippen LogP) is 1.78. The fourth-order valence-corrected chi connectivity index (χ4v) is 1.76. The molecule has 1 unspecified atom stereocenters. The van der Waals surface area contributed by atoms with E-state index >= 15 is 0 Å². The molecule has 0 spiro atoms. The Bertz CT molecular complexity index is 273. The monoisotopic (exact) mass is 230 g/mol. The van der Waals surface area contributed by atoms with Crippen LogP contribution < -0.4 is 0 Å². The number of hydrogen-bond donors (Lipinski definition) is 2. The lowest BCUT2D eigenvalue weighted by molar-refractivity contribution is 0.0951. The zero-order valence-electron chi connectivity index (χ0n) is 6.79. The van der Waals surface area contributed by atoms with Gasteiger partial charge in [0.05, 0.1) is 6.61 Å². The van der Waals surface area contributed by atoms with Gasteiger partial charge < -0.3 is 10.2 Å². The first-order valence-corrected chi connectivity index (χ1v) is 4.49. The molecule has 0 aromatic heterocycles. The summed E-state index contributed by atoms with van der Waals surface area (Å²) >= 11 is 3.32. The normalized spacial score (nSPS) is 13.0. The highest BCUT2D eigenvalue weighted by Gasteiger charge is 2.08. The average molecular weight is 231 g/mol. The van der Waals surface area contributed by atoms with Gasteiger partial charge in [-0.15, -0.1) is 0 Å². The summed E-state index contributed by atoms with van der Waals surface area (Å²) in [6.45, 7) is 1.72. The molecule has 3 heteroatoms. The summed E-state index contributed by atoms with van der Waals surface area (Å²) in [5.41, 5.74) is 1.85. The Labute approximate surface area is 80.0 Å². The first kappa shape index (κ1) is 9.71. The number of aliphatic hydroxyl groups excluding tert-OH is 2. The molecule has 1 aromatic rings. The van der Waals surface area contributed by atoms with Crippen molar-refractivity contribution in [3.05, 3.63) is 33.8 Å². The van der Waals surface area contributed by atoms with E-state index < -0.39 is 6.10 Å². The van der Waals surface area contributed by atoms with Gasteiger partial charge in [-0.05, 0) is 24.1 Å². The van der Waals surface area contributed by atoms with Gasteiger partial charge in [0.15, 0.2) is 0 Å². The number of hydrogen-bond acceptors (Lipinski definition) is 2. The molecular formula is C9H11BrO2. The van der Waals surface area contributed by atoms with Gasteiger partial charge in [0, 0.05) is 4.47 Å². The maximum absolute atomic E-state index is 9.32. The van der Waals surface area contributed by atoms with Crippen molar-refractivity contribution < 1.29 is 10.2 Å². The third-order valence-corrected chi connectivity index (χ3v) is 2.37. The first-order valence-electron chi connectivity index (χ1n) is 3.70. The SMILES string of the molecule is Cc1ccc(C(O)CO)c(Br)c1. The third kappa shape index (κ3) is 2.06. The minimum absolute atomic E-state index is 0.248. The van der Waals surface area contributed by atoms with Crippen LogP contribution in [-0.2, 0) is 0 Å². The van der Waals surface area contributed by atoms with E-state index in [0.29, 0.717) is 0 Å². The zero-order chi connectivity index (χ0) is 9.14. The van der Waals surface area contributed by atoms with Gasteiger partial charge in [-0.1, -0.05) is 28.1 Å². The minimum atomic E-state index is -0.792. The van der Waals surface area contributed by atoms with Crippen molar-refractivity contribution in [2.75, 3.05) is 6.61 Å². The fourth-order valence-electron chi connectivity index (χ4n) is 1.00. The highest BCUT2D eigenvalue weighted by atomic mass is 79.9. The van der Waals surface area contributed by atoms with Crippen LogP contribution in [0.4, 0.5) is 0 Å². The summed E-state index contributed by atoms with van der Waals surface area (Å²) in [7, 11) is 0. The molecule has 12 heavy (non-hydrogen) atoms. The van der Waals surface area contributed by atoms with Crippen molar-refractivity contribution in [3.63, 3.8) is 0 Å². The van der Waals surface area contributed by atoms with Crippen LogP contribution in [0.3, 0.4) is 0 Å². The van der Waals surface area contributed by atoms with Crippen molar-refractivity contribution in [1.82, 2.24) is 0 Å². The lowest BCUT2D eigenvalue weighted by Crippen LogP contribution is -2.03. The van der Waals surface area contributed by atoms with Gasteiger partial charge in [0.2, 0.25) is 0 Å². The average Bonchev–Trinajstić information content (AvgIpc) is 2.03. The number of aliphatic hydroxyl groups is 2. The van der Waals surface area contributed by atoms with E-state index in [1.807, 2.05) is 19.1 Å². The molecule has 0 bridgehead atoms. The molecule has 0 aliphatic heterocycles. The number of aryl methyl sites for hydroxylation is 1. The van der Waals surface area contributed by atoms with Crippen molar-refractivity contribution in [3.8, 4) is 0 Å². The largest absolute Gasteiger partial charge is 0.393 e. The Hall–Kier alpha value is -0.380. The molecule has 0 fully saturated rings. The number of halogens is 1. The summed E-state index contributed by atoms with van der Waals surface area (Å²) in [6.07, 6.45) is -0.792. The third-order valence-electron chi connectivity index (χ3n) is 1.69. The van der Waals surface area contributed by atoms with Crippen molar-refractivity contribution in [1.29, 1.82) is 0 Å². The molecule has 2 N–H and O–H groups in total. The van der Waals surface area contributed by atoms with E-state index in [9.17, 15) is 5.11 Å². The first-order chi connectivity index (χ1) is 5.65. The lowest BCUT2D eigenvalue weighted by Gasteiger charge is -2.09. The Morgan fingerprint density at radius 2 is 2.17 bits per heavy atom. The number of rotatable bonds is 2. The maximum Gasteiger partial charge on any atom is 0.103 e. The minimum Gasteiger partial charge on any atom is -0.393 e. The fraction of sp³-hybridized carbons (Fsp3) is 0.333. The smallest absolute Gasteiger partial charge is 0.103 e. The van der Waals surface area contributed by atoms with Crippen molar-refractivity contribution in [2.45, 2.75) is 13.0 Å². The summed E-state index contributed by atoms with van der Waals surface area (Å²) in [5.74, 6) is 0. The second-order valence-electron chi connectivity index (χ2n) is 2.72. The van der Waals surface area contributed by atoms with E-state index in [-0.39, 0.29) is 6.61 Å². The van der Waals surface area contributed by atoms with Crippen LogP contribution >= 0.6 is 15.9 Å². The predicted molar refractivity (Wildman–Crippen MR) is 50.9 cm³/mol. The van der Waals surface area contributed by atoms with E-state index in [1.54, 1.807) is 6.07 Å². The summed E-state index contributed by atoms with van der Waals surface area (Å²) in [5, 5.41) is 18.0. The van der Waals surface area contributed by atoms with Crippen LogP contribution in [0.5, 0.6) is 0 Å². The van der Waals surface area contributed by atoms with Gasteiger partial charge in [-0.2, -0.15) is 0 Å². The van der Waals surface area contributed by atoms with Gasteiger partial charge in [0.1, 0.15) is 6.10 Å². The zero-order valence-corrected chi connectivity index (χ0v) is 8.37. The molecule has 0 aliphatic rings. The molecule has 0 heterocycles. The molecule has 2 nitrogen and oxygen atoms in total. The molecule has 0 saturated carbocycles. The van der Waals surface area contributed by atoms with Crippen molar-refractivity contribution in [2.24, 2.45) is 0 Å². The molecule has 0 saturated heterocycles. The van der Waals surface area contributed by atoms with Gasteiger partial charge in [0.25, 0.3) is 0 Å². The lowest BCUT2D eigenvalue weighted by atomic mass is 10.1. The maximum atomic E-state index is 9.32. The van der Waals surface area contributed by atoms with Gasteiger partial charge >= 0.3 is 0 Å². The molecule has 0 radical (unpaired) electrons. The highest BCUT2D eigenvalue weighted by molar-refractivity contribution is 9.10. The topological polar surface area (TPSA) is 40.5 Å². The second-order valence-corrected chi connectivity index (χ2v) is 3.58. The highest BCUT2D eigenvalue weighted by Crippen LogP contribution is 2.23. The van der Waals surface area contributed by atoms with Crippen LogP contribution in [0.1, 0.15) is 17.2 Å². The molecular weight excluding hydrogens is 220 g/mol. The Morgan fingerprint density at radius 3 is 2.67 bits per heavy atom. The van der Waals surface area contributed by atoms with Crippen LogP contribution in [0.25, 0.3) is 0 Å². The van der Waals surface area contributed by atoms with Crippen molar-refractivity contribution >= 4 is 15.9 Å².